The molecule has 0 aliphatic heterocycles. The lowest BCUT2D eigenvalue weighted by Gasteiger charge is -2.08. The molecule has 5 nitrogen and oxygen atoms in total. The first-order chi connectivity index (χ1) is 8.97. The smallest absolute Gasteiger partial charge is 0.255 e. The molecular weight excluding hydrogens is 355 g/mol. The maximum atomic E-state index is 12.1. The number of nitrogens with two attached hydrogens (primary N) is 1. The van der Waals surface area contributed by atoms with Crippen LogP contribution in [0.2, 0.25) is 10.3 Å². The van der Waals surface area contributed by atoms with E-state index in [0.717, 1.165) is 0 Å². The molecule has 1 aromatic heterocycles. The van der Waals surface area contributed by atoms with Gasteiger partial charge in [0, 0.05) is 15.7 Å². The van der Waals surface area contributed by atoms with Crippen molar-refractivity contribution < 1.29 is 4.79 Å². The van der Waals surface area contributed by atoms with Gasteiger partial charge in [-0.05, 0) is 18.2 Å². The first kappa shape index (κ1) is 14.0. The number of nitrogen functional groups attached to an aromatic ring is 1. The van der Waals surface area contributed by atoms with E-state index in [0.29, 0.717) is 15.7 Å². The highest BCUT2D eigenvalue weighted by Crippen LogP contribution is 2.26. The molecule has 0 aliphatic carbocycles. The van der Waals surface area contributed by atoms with Gasteiger partial charge >= 0.3 is 0 Å². The first-order valence-corrected chi connectivity index (χ1v) is 6.55. The van der Waals surface area contributed by atoms with E-state index in [1.165, 1.54) is 12.4 Å². The summed E-state index contributed by atoms with van der Waals surface area (Å²) in [4.78, 5) is 19.5. The molecule has 0 saturated carbocycles. The average molecular weight is 362 g/mol. The van der Waals surface area contributed by atoms with Gasteiger partial charge in [0.15, 0.2) is 10.3 Å². The number of nitrogens with zero attached hydrogens (tertiary/aromatic N) is 2. The van der Waals surface area contributed by atoms with E-state index in [1.807, 2.05) is 0 Å². The summed E-state index contributed by atoms with van der Waals surface area (Å²) in [5.74, 6) is -0.411. The fourth-order valence-corrected chi connectivity index (χ4v) is 2.30. The monoisotopic (exact) mass is 360 g/mol. The van der Waals surface area contributed by atoms with Crippen LogP contribution in [0.4, 0.5) is 11.4 Å². The van der Waals surface area contributed by atoms with Crippen molar-refractivity contribution in [3.8, 4) is 0 Å². The Morgan fingerprint density at radius 3 is 2.42 bits per heavy atom. The van der Waals surface area contributed by atoms with E-state index in [4.69, 9.17) is 28.9 Å². The van der Waals surface area contributed by atoms with Crippen LogP contribution in [0, 0.1) is 0 Å². The number of hydrogen-bond donors (Lipinski definition) is 2. The molecule has 98 valence electrons. The lowest BCUT2D eigenvalue weighted by molar-refractivity contribution is 0.102. The Kier molecular flexibility index (Phi) is 4.24. The topological polar surface area (TPSA) is 80.9 Å². The summed E-state index contributed by atoms with van der Waals surface area (Å²) in [5, 5.41) is 2.68. The van der Waals surface area contributed by atoms with Crippen LogP contribution >= 0.6 is 39.1 Å². The van der Waals surface area contributed by atoms with Crippen LogP contribution in [-0.2, 0) is 0 Å². The van der Waals surface area contributed by atoms with E-state index in [1.54, 1.807) is 12.1 Å². The molecule has 0 radical (unpaired) electrons. The van der Waals surface area contributed by atoms with Gasteiger partial charge in [0.2, 0.25) is 0 Å². The second kappa shape index (κ2) is 5.73. The lowest BCUT2D eigenvalue weighted by Crippen LogP contribution is -2.13. The maximum absolute atomic E-state index is 12.1. The molecule has 0 fully saturated rings. The molecule has 0 bridgehead atoms. The Balaban J connectivity index is 2.31. The molecule has 0 saturated heterocycles. The van der Waals surface area contributed by atoms with Crippen LogP contribution in [0.15, 0.2) is 29.0 Å². The number of aromatic nitrogens is 2. The van der Waals surface area contributed by atoms with Crippen LogP contribution < -0.4 is 11.1 Å². The number of carbonyl (C=O) groups is 1. The van der Waals surface area contributed by atoms with Crippen molar-refractivity contribution in [2.45, 2.75) is 0 Å². The molecule has 19 heavy (non-hydrogen) atoms. The second-order valence-corrected chi connectivity index (χ2v) is 5.19. The third-order valence-electron chi connectivity index (χ3n) is 2.18. The number of hydrogen-bond acceptors (Lipinski definition) is 4. The molecule has 0 spiro atoms. The summed E-state index contributed by atoms with van der Waals surface area (Å²) >= 11 is 14.9. The van der Waals surface area contributed by atoms with Crippen LogP contribution in [0.1, 0.15) is 10.4 Å². The predicted octanol–water partition coefficient (Wildman–Crippen LogP) is 3.38. The summed E-state index contributed by atoms with van der Waals surface area (Å²) in [6.07, 6.45) is 1.21. The zero-order valence-electron chi connectivity index (χ0n) is 9.32. The highest BCUT2D eigenvalue weighted by molar-refractivity contribution is 9.10. The summed E-state index contributed by atoms with van der Waals surface area (Å²) in [6.45, 7) is 0. The van der Waals surface area contributed by atoms with Gasteiger partial charge in [0.1, 0.15) is 12.0 Å². The Hall–Kier alpha value is -1.37. The quantitative estimate of drug-likeness (QED) is 0.634. The number of amides is 1. The number of halogens is 3. The van der Waals surface area contributed by atoms with Gasteiger partial charge in [-0.25, -0.2) is 9.97 Å². The minimum absolute atomic E-state index is 0.0660. The molecule has 8 heteroatoms. The van der Waals surface area contributed by atoms with Gasteiger partial charge in [0.05, 0.1) is 0 Å². The fourth-order valence-electron chi connectivity index (χ4n) is 1.38. The molecular formula is C11H7BrCl2N4O. The molecule has 1 aromatic carbocycles. The van der Waals surface area contributed by atoms with E-state index in [9.17, 15) is 4.79 Å². The van der Waals surface area contributed by atoms with Crippen LogP contribution in [0.5, 0.6) is 0 Å². The molecule has 1 heterocycles. The standard InChI is InChI=1S/C11H7BrCl2N4O/c12-6-1-5(2-7(15)3-6)11(19)18-8-9(13)16-4-17-10(8)14/h1-4H,15H2,(H,18,19). The molecule has 0 atom stereocenters. The normalized spacial score (nSPS) is 10.3. The molecule has 1 amide bonds. The number of nitrogens with one attached hydrogen (secondary N) is 1. The van der Waals surface area contributed by atoms with Crippen molar-refractivity contribution in [1.82, 2.24) is 9.97 Å². The predicted molar refractivity (Wildman–Crippen MR) is 78.6 cm³/mol. The number of benzene rings is 1. The number of carbonyl (C=O) groups excluding carboxylic acids is 1. The molecule has 2 rings (SSSR count). The van der Waals surface area contributed by atoms with Crippen molar-refractivity contribution in [2.24, 2.45) is 0 Å². The largest absolute Gasteiger partial charge is 0.399 e. The second-order valence-electron chi connectivity index (χ2n) is 3.56. The summed E-state index contributed by atoms with van der Waals surface area (Å²) in [5.41, 5.74) is 6.65. The van der Waals surface area contributed by atoms with E-state index < -0.39 is 5.91 Å². The summed E-state index contributed by atoms with van der Waals surface area (Å²) in [7, 11) is 0. The molecule has 0 aliphatic rings. The Bertz CT molecular complexity index is 610. The van der Waals surface area contributed by atoms with E-state index in [2.05, 4.69) is 31.2 Å². The third-order valence-corrected chi connectivity index (χ3v) is 3.21. The van der Waals surface area contributed by atoms with Gasteiger partial charge in [0.25, 0.3) is 5.91 Å². The fraction of sp³-hybridized carbons (Fsp3) is 0. The van der Waals surface area contributed by atoms with Crippen molar-refractivity contribution in [3.05, 3.63) is 44.9 Å². The minimum atomic E-state index is -0.411. The minimum Gasteiger partial charge on any atom is -0.399 e. The lowest BCUT2D eigenvalue weighted by atomic mass is 10.2. The van der Waals surface area contributed by atoms with Gasteiger partial charge in [-0.1, -0.05) is 39.1 Å². The number of anilines is 2. The van der Waals surface area contributed by atoms with Crippen LogP contribution in [0.3, 0.4) is 0 Å². The summed E-state index contributed by atoms with van der Waals surface area (Å²) in [6, 6.07) is 4.84. The Labute approximate surface area is 127 Å². The SMILES string of the molecule is Nc1cc(Br)cc(C(=O)Nc2c(Cl)ncnc2Cl)c1. The van der Waals surface area contributed by atoms with Crippen LogP contribution in [0.25, 0.3) is 0 Å². The highest BCUT2D eigenvalue weighted by atomic mass is 79.9. The Morgan fingerprint density at radius 2 is 1.84 bits per heavy atom. The summed E-state index contributed by atoms with van der Waals surface area (Å²) < 4.78 is 0.694. The highest BCUT2D eigenvalue weighted by Gasteiger charge is 2.14. The molecule has 3 N–H and O–H groups in total. The Morgan fingerprint density at radius 1 is 1.21 bits per heavy atom. The maximum Gasteiger partial charge on any atom is 0.255 e. The van der Waals surface area contributed by atoms with E-state index in [-0.39, 0.29) is 16.0 Å². The van der Waals surface area contributed by atoms with Crippen molar-refractivity contribution >= 4 is 56.4 Å². The molecule has 0 unspecified atom stereocenters. The van der Waals surface area contributed by atoms with E-state index >= 15 is 0 Å². The van der Waals surface area contributed by atoms with Gasteiger partial charge < -0.3 is 11.1 Å². The molecule has 2 aromatic rings. The van der Waals surface area contributed by atoms with Crippen molar-refractivity contribution in [3.63, 3.8) is 0 Å². The third kappa shape index (κ3) is 3.34. The van der Waals surface area contributed by atoms with Crippen molar-refractivity contribution in [1.29, 1.82) is 0 Å². The first-order valence-electron chi connectivity index (χ1n) is 5.01. The zero-order valence-corrected chi connectivity index (χ0v) is 12.4. The number of rotatable bonds is 2. The van der Waals surface area contributed by atoms with Gasteiger partial charge in [-0.2, -0.15) is 0 Å². The van der Waals surface area contributed by atoms with Crippen LogP contribution in [-0.4, -0.2) is 15.9 Å². The van der Waals surface area contributed by atoms with Gasteiger partial charge in [-0.15, -0.1) is 0 Å². The van der Waals surface area contributed by atoms with Gasteiger partial charge in [-0.3, -0.25) is 4.79 Å². The average Bonchev–Trinajstić information content (AvgIpc) is 2.32. The zero-order chi connectivity index (χ0) is 14.0. The van der Waals surface area contributed by atoms with Crippen molar-refractivity contribution in [2.75, 3.05) is 11.1 Å².